The number of carbonyl (C=O) groups excluding carboxylic acids is 1. The molecule has 0 spiro atoms. The Bertz CT molecular complexity index is 478. The Balaban J connectivity index is 2.06. The third-order valence-electron chi connectivity index (χ3n) is 3.41. The van der Waals surface area contributed by atoms with Crippen molar-refractivity contribution in [3.8, 4) is 5.75 Å². The van der Waals surface area contributed by atoms with E-state index >= 15 is 0 Å². The number of rotatable bonds is 4. The maximum Gasteiger partial charge on any atom is 0.257 e. The van der Waals surface area contributed by atoms with Crippen molar-refractivity contribution < 1.29 is 14.6 Å². The lowest BCUT2D eigenvalue weighted by molar-refractivity contribution is 0.00202. The van der Waals surface area contributed by atoms with Crippen LogP contribution >= 0.6 is 11.6 Å². The third-order valence-corrected chi connectivity index (χ3v) is 3.65. The summed E-state index contributed by atoms with van der Waals surface area (Å²) in [6.07, 6.45) is 2.96. The zero-order valence-corrected chi connectivity index (χ0v) is 12.4. The molecule has 1 atom stereocenters. The Morgan fingerprint density at radius 3 is 3.10 bits per heavy atom. The minimum absolute atomic E-state index is 0.0315. The van der Waals surface area contributed by atoms with Gasteiger partial charge in [0.25, 0.3) is 5.91 Å². The number of hydrogen-bond acceptors (Lipinski definition) is 3. The molecule has 0 radical (unpaired) electrons. The SMILES string of the molecule is CCCO[C@@H]1CCCN(C(=O)c2cc(Cl)ccc2O)C1. The molecule has 1 amide bonds. The van der Waals surface area contributed by atoms with E-state index in [9.17, 15) is 9.90 Å². The lowest BCUT2D eigenvalue weighted by Crippen LogP contribution is -2.43. The smallest absolute Gasteiger partial charge is 0.257 e. The van der Waals surface area contributed by atoms with Crippen LogP contribution in [0.2, 0.25) is 5.02 Å². The van der Waals surface area contributed by atoms with Crippen LogP contribution in [0, 0.1) is 0 Å². The Labute approximate surface area is 124 Å². The molecule has 1 aromatic rings. The minimum atomic E-state index is -0.185. The van der Waals surface area contributed by atoms with E-state index in [1.54, 1.807) is 11.0 Å². The number of hydrogen-bond donors (Lipinski definition) is 1. The highest BCUT2D eigenvalue weighted by Crippen LogP contribution is 2.24. The van der Waals surface area contributed by atoms with Crippen LogP contribution in [-0.4, -0.2) is 41.7 Å². The molecule has 1 N–H and O–H groups in total. The number of phenols is 1. The second-order valence-corrected chi connectivity index (χ2v) is 5.48. The molecule has 2 rings (SSSR count). The van der Waals surface area contributed by atoms with Gasteiger partial charge in [-0.2, -0.15) is 0 Å². The van der Waals surface area contributed by atoms with Crippen molar-refractivity contribution in [3.63, 3.8) is 0 Å². The molecule has 1 aliphatic rings. The van der Waals surface area contributed by atoms with Gasteiger partial charge in [-0.05, 0) is 37.5 Å². The molecule has 0 bridgehead atoms. The molecule has 110 valence electrons. The predicted molar refractivity (Wildman–Crippen MR) is 78.3 cm³/mol. The topological polar surface area (TPSA) is 49.8 Å². The number of halogens is 1. The molecular formula is C15H20ClNO3. The summed E-state index contributed by atoms with van der Waals surface area (Å²) < 4.78 is 5.72. The van der Waals surface area contributed by atoms with E-state index in [0.29, 0.717) is 18.1 Å². The fourth-order valence-electron chi connectivity index (χ4n) is 2.39. The lowest BCUT2D eigenvalue weighted by Gasteiger charge is -2.32. The summed E-state index contributed by atoms with van der Waals surface area (Å²) >= 11 is 5.89. The van der Waals surface area contributed by atoms with Gasteiger partial charge in [0.1, 0.15) is 5.75 Å². The van der Waals surface area contributed by atoms with Gasteiger partial charge in [-0.25, -0.2) is 0 Å². The van der Waals surface area contributed by atoms with Crippen molar-refractivity contribution in [2.75, 3.05) is 19.7 Å². The molecule has 4 nitrogen and oxygen atoms in total. The molecule has 0 unspecified atom stereocenters. The largest absolute Gasteiger partial charge is 0.507 e. The van der Waals surface area contributed by atoms with Crippen molar-refractivity contribution in [3.05, 3.63) is 28.8 Å². The first kappa shape index (κ1) is 15.1. The summed E-state index contributed by atoms with van der Waals surface area (Å²) in [4.78, 5) is 14.2. The molecule has 1 aliphatic heterocycles. The van der Waals surface area contributed by atoms with E-state index < -0.39 is 0 Å². The first-order chi connectivity index (χ1) is 9.61. The fraction of sp³-hybridized carbons (Fsp3) is 0.533. The predicted octanol–water partition coefficient (Wildman–Crippen LogP) is 3.08. The van der Waals surface area contributed by atoms with Crippen LogP contribution in [-0.2, 0) is 4.74 Å². The van der Waals surface area contributed by atoms with Crippen LogP contribution < -0.4 is 0 Å². The second-order valence-electron chi connectivity index (χ2n) is 5.05. The summed E-state index contributed by atoms with van der Waals surface area (Å²) in [6.45, 7) is 4.05. The van der Waals surface area contributed by atoms with Gasteiger partial charge in [-0.1, -0.05) is 18.5 Å². The zero-order chi connectivity index (χ0) is 14.5. The van der Waals surface area contributed by atoms with Gasteiger partial charge in [0.15, 0.2) is 0 Å². The van der Waals surface area contributed by atoms with E-state index in [4.69, 9.17) is 16.3 Å². The number of ether oxygens (including phenoxy) is 1. The van der Waals surface area contributed by atoms with Gasteiger partial charge < -0.3 is 14.7 Å². The van der Waals surface area contributed by atoms with Crippen molar-refractivity contribution in [1.29, 1.82) is 0 Å². The molecule has 0 saturated carbocycles. The third kappa shape index (κ3) is 3.64. The summed E-state index contributed by atoms with van der Waals surface area (Å²) in [6, 6.07) is 4.53. The van der Waals surface area contributed by atoms with Crippen molar-refractivity contribution in [2.24, 2.45) is 0 Å². The number of likely N-dealkylation sites (tertiary alicyclic amines) is 1. The zero-order valence-electron chi connectivity index (χ0n) is 11.6. The van der Waals surface area contributed by atoms with E-state index in [2.05, 4.69) is 6.92 Å². The number of nitrogens with zero attached hydrogens (tertiary/aromatic N) is 1. The minimum Gasteiger partial charge on any atom is -0.507 e. The number of piperidine rings is 1. The average Bonchev–Trinajstić information content (AvgIpc) is 2.47. The van der Waals surface area contributed by atoms with Crippen LogP contribution in [0.5, 0.6) is 5.75 Å². The normalized spacial score (nSPS) is 19.1. The molecule has 1 saturated heterocycles. The summed E-state index contributed by atoms with van der Waals surface area (Å²) in [5.74, 6) is -0.217. The summed E-state index contributed by atoms with van der Waals surface area (Å²) in [5, 5.41) is 10.3. The van der Waals surface area contributed by atoms with Crippen molar-refractivity contribution >= 4 is 17.5 Å². The molecule has 20 heavy (non-hydrogen) atoms. The Morgan fingerprint density at radius 1 is 1.55 bits per heavy atom. The van der Waals surface area contributed by atoms with E-state index in [0.717, 1.165) is 25.9 Å². The van der Waals surface area contributed by atoms with E-state index in [1.807, 2.05) is 0 Å². The number of amides is 1. The molecular weight excluding hydrogens is 278 g/mol. The van der Waals surface area contributed by atoms with E-state index in [1.165, 1.54) is 12.1 Å². The highest BCUT2D eigenvalue weighted by molar-refractivity contribution is 6.31. The van der Waals surface area contributed by atoms with E-state index in [-0.39, 0.29) is 23.3 Å². The van der Waals surface area contributed by atoms with Crippen molar-refractivity contribution in [1.82, 2.24) is 4.90 Å². The number of aromatic hydroxyl groups is 1. The molecule has 1 aromatic carbocycles. The molecule has 1 fully saturated rings. The maximum atomic E-state index is 12.4. The molecule has 5 heteroatoms. The number of phenolic OH excluding ortho intramolecular Hbond substituents is 1. The molecule has 1 heterocycles. The maximum absolute atomic E-state index is 12.4. The first-order valence-electron chi connectivity index (χ1n) is 7.01. The lowest BCUT2D eigenvalue weighted by atomic mass is 10.1. The van der Waals surface area contributed by atoms with Gasteiger partial charge in [-0.15, -0.1) is 0 Å². The monoisotopic (exact) mass is 297 g/mol. The highest BCUT2D eigenvalue weighted by atomic mass is 35.5. The van der Waals surface area contributed by atoms with Gasteiger partial charge in [0.2, 0.25) is 0 Å². The summed E-state index contributed by atoms with van der Waals surface area (Å²) in [7, 11) is 0. The van der Waals surface area contributed by atoms with Gasteiger partial charge in [0.05, 0.1) is 11.7 Å². The molecule has 0 aliphatic carbocycles. The Morgan fingerprint density at radius 2 is 2.35 bits per heavy atom. The standard InChI is InChI=1S/C15H20ClNO3/c1-2-8-20-12-4-3-7-17(10-12)15(19)13-9-11(16)5-6-14(13)18/h5-6,9,12,18H,2-4,7-8,10H2,1H3/t12-/m1/s1. The number of carbonyl (C=O) groups is 1. The van der Waals surface area contributed by atoms with Gasteiger partial charge in [-0.3, -0.25) is 4.79 Å². The summed E-state index contributed by atoms with van der Waals surface area (Å²) in [5.41, 5.74) is 0.258. The van der Waals surface area contributed by atoms with Crippen molar-refractivity contribution in [2.45, 2.75) is 32.3 Å². The van der Waals surface area contributed by atoms with Crippen LogP contribution in [0.4, 0.5) is 0 Å². The van der Waals surface area contributed by atoms with Crippen LogP contribution in [0.1, 0.15) is 36.5 Å². The van der Waals surface area contributed by atoms with Gasteiger partial charge >= 0.3 is 0 Å². The quantitative estimate of drug-likeness (QED) is 0.929. The van der Waals surface area contributed by atoms with Crippen LogP contribution in [0.3, 0.4) is 0 Å². The van der Waals surface area contributed by atoms with Crippen LogP contribution in [0.15, 0.2) is 18.2 Å². The highest BCUT2D eigenvalue weighted by Gasteiger charge is 2.26. The Kier molecular flexibility index (Phi) is 5.26. The number of benzene rings is 1. The second kappa shape index (κ2) is 6.95. The average molecular weight is 298 g/mol. The fourth-order valence-corrected chi connectivity index (χ4v) is 2.57. The first-order valence-corrected chi connectivity index (χ1v) is 7.39. The molecule has 0 aromatic heterocycles. The van der Waals surface area contributed by atoms with Gasteiger partial charge in [0, 0.05) is 24.7 Å². The Hall–Kier alpha value is -1.26. The van der Waals surface area contributed by atoms with Crippen LogP contribution in [0.25, 0.3) is 0 Å².